The van der Waals surface area contributed by atoms with Gasteiger partial charge >= 0.3 is 6.03 Å². The molecule has 1 unspecified atom stereocenters. The summed E-state index contributed by atoms with van der Waals surface area (Å²) in [6, 6.07) is 0.155. The van der Waals surface area contributed by atoms with E-state index in [-0.39, 0.29) is 12.1 Å². The minimum Gasteiger partial charge on any atom is -0.332 e. The Morgan fingerprint density at radius 1 is 1.47 bits per heavy atom. The molecular formula is C11H15BrN4O. The van der Waals surface area contributed by atoms with Gasteiger partial charge in [0.05, 0.1) is 10.7 Å². The number of hydrogen-bond acceptors (Lipinski definition) is 3. The number of nitrogens with zero attached hydrogens (tertiary/aromatic N) is 3. The van der Waals surface area contributed by atoms with Gasteiger partial charge in [-0.2, -0.15) is 9.78 Å². The fourth-order valence-electron chi connectivity index (χ4n) is 2.77. The quantitative estimate of drug-likeness (QED) is 0.850. The van der Waals surface area contributed by atoms with E-state index >= 15 is 0 Å². The first-order chi connectivity index (χ1) is 8.22. The zero-order valence-corrected chi connectivity index (χ0v) is 11.1. The van der Waals surface area contributed by atoms with E-state index in [2.05, 4.69) is 31.2 Å². The first-order valence-corrected chi connectivity index (χ1v) is 6.75. The largest absolute Gasteiger partial charge is 0.342 e. The Labute approximate surface area is 108 Å². The van der Waals surface area contributed by atoms with Crippen LogP contribution in [0.1, 0.15) is 12.8 Å². The Bertz CT molecular complexity index is 425. The molecule has 1 atom stereocenters. The van der Waals surface area contributed by atoms with Gasteiger partial charge in [-0.25, -0.2) is 4.79 Å². The predicted octanol–water partition coefficient (Wildman–Crippen LogP) is 1.30. The average molecular weight is 299 g/mol. The summed E-state index contributed by atoms with van der Waals surface area (Å²) < 4.78 is 2.17. The van der Waals surface area contributed by atoms with Crippen LogP contribution in [0, 0.1) is 5.92 Å². The topological polar surface area (TPSA) is 50.2 Å². The minimum absolute atomic E-state index is 0.130. The van der Waals surface area contributed by atoms with Gasteiger partial charge in [-0.3, -0.25) is 0 Å². The molecule has 0 aliphatic carbocycles. The molecule has 0 saturated carbocycles. The molecule has 1 N–H and O–H groups in total. The van der Waals surface area contributed by atoms with Crippen molar-refractivity contribution in [3.63, 3.8) is 0 Å². The van der Waals surface area contributed by atoms with E-state index in [1.54, 1.807) is 12.4 Å². The van der Waals surface area contributed by atoms with Crippen LogP contribution in [0.25, 0.3) is 0 Å². The third-order valence-electron chi connectivity index (χ3n) is 3.72. The van der Waals surface area contributed by atoms with Gasteiger partial charge in [-0.15, -0.1) is 0 Å². The maximum atomic E-state index is 12.0. The van der Waals surface area contributed by atoms with Crippen LogP contribution < -0.4 is 5.32 Å². The van der Waals surface area contributed by atoms with E-state index in [1.165, 1.54) is 30.6 Å². The third-order valence-corrected chi connectivity index (χ3v) is 4.13. The van der Waals surface area contributed by atoms with E-state index in [0.29, 0.717) is 5.92 Å². The lowest BCUT2D eigenvalue weighted by Gasteiger charge is -2.44. The van der Waals surface area contributed by atoms with E-state index in [1.807, 2.05) is 0 Å². The van der Waals surface area contributed by atoms with Crippen LogP contribution in [0.15, 0.2) is 16.9 Å². The lowest BCUT2D eigenvalue weighted by Crippen LogP contribution is -2.57. The Balaban J connectivity index is 1.65. The van der Waals surface area contributed by atoms with Crippen molar-refractivity contribution in [3.8, 4) is 0 Å². The molecule has 6 heteroatoms. The molecule has 3 aliphatic heterocycles. The summed E-state index contributed by atoms with van der Waals surface area (Å²) >= 11 is 3.29. The summed E-state index contributed by atoms with van der Waals surface area (Å²) in [4.78, 5) is 14.4. The normalized spacial score (nSPS) is 31.5. The first-order valence-electron chi connectivity index (χ1n) is 5.96. The molecule has 92 valence electrons. The molecule has 3 saturated heterocycles. The molecule has 4 rings (SSSR count). The second-order valence-electron chi connectivity index (χ2n) is 4.80. The van der Waals surface area contributed by atoms with Crippen LogP contribution in [-0.2, 0) is 0 Å². The third kappa shape index (κ3) is 2.24. The van der Waals surface area contributed by atoms with Gasteiger partial charge in [0.2, 0.25) is 0 Å². The van der Waals surface area contributed by atoms with Crippen molar-refractivity contribution < 1.29 is 4.79 Å². The molecule has 2 bridgehead atoms. The number of hydrogen-bond donors (Lipinski definition) is 1. The number of carbonyl (C=O) groups is 1. The highest BCUT2D eigenvalue weighted by Crippen LogP contribution is 2.27. The summed E-state index contributed by atoms with van der Waals surface area (Å²) in [6.07, 6.45) is 5.70. The fourth-order valence-corrected chi connectivity index (χ4v) is 3.05. The van der Waals surface area contributed by atoms with Crippen LogP contribution >= 0.6 is 15.9 Å². The number of nitrogens with one attached hydrogen (secondary N) is 1. The molecule has 5 nitrogen and oxygen atoms in total. The highest BCUT2D eigenvalue weighted by molar-refractivity contribution is 9.10. The van der Waals surface area contributed by atoms with Gasteiger partial charge in [0.1, 0.15) is 0 Å². The molecule has 0 spiro atoms. The standard InChI is InChI=1S/C11H15BrN4O/c12-9-5-13-16(6-9)11(17)14-10-7-15-3-1-8(10)2-4-15/h5-6,8,10H,1-4,7H2,(H,14,17). The number of fused-ring (bicyclic) bond motifs is 3. The van der Waals surface area contributed by atoms with Crippen molar-refractivity contribution in [2.45, 2.75) is 18.9 Å². The van der Waals surface area contributed by atoms with Crippen molar-refractivity contribution in [3.05, 3.63) is 16.9 Å². The summed E-state index contributed by atoms with van der Waals surface area (Å²) in [5.74, 6) is 0.642. The second-order valence-corrected chi connectivity index (χ2v) is 5.71. The zero-order chi connectivity index (χ0) is 11.8. The van der Waals surface area contributed by atoms with Crippen LogP contribution in [0.4, 0.5) is 4.79 Å². The van der Waals surface area contributed by atoms with Crippen LogP contribution in [0.2, 0.25) is 0 Å². The SMILES string of the molecule is O=C(NC1CN2CCC1CC2)n1cc(Br)cn1. The lowest BCUT2D eigenvalue weighted by atomic mass is 9.84. The zero-order valence-electron chi connectivity index (χ0n) is 9.47. The molecule has 17 heavy (non-hydrogen) atoms. The van der Waals surface area contributed by atoms with Gasteiger partial charge in [0.15, 0.2) is 0 Å². The van der Waals surface area contributed by atoms with Crippen molar-refractivity contribution in [1.82, 2.24) is 20.0 Å². The van der Waals surface area contributed by atoms with E-state index in [0.717, 1.165) is 11.0 Å². The first kappa shape index (κ1) is 11.2. The maximum Gasteiger partial charge on any atom is 0.342 e. The predicted molar refractivity (Wildman–Crippen MR) is 66.8 cm³/mol. The van der Waals surface area contributed by atoms with Crippen molar-refractivity contribution in [2.24, 2.45) is 5.92 Å². The van der Waals surface area contributed by atoms with Gasteiger partial charge in [0.25, 0.3) is 0 Å². The number of amides is 1. The summed E-state index contributed by atoms with van der Waals surface area (Å²) in [5, 5.41) is 7.07. The smallest absolute Gasteiger partial charge is 0.332 e. The number of halogens is 1. The number of piperidine rings is 3. The molecule has 4 heterocycles. The lowest BCUT2D eigenvalue weighted by molar-refractivity contribution is 0.0765. The van der Waals surface area contributed by atoms with Crippen LogP contribution in [-0.4, -0.2) is 46.4 Å². The van der Waals surface area contributed by atoms with Gasteiger partial charge < -0.3 is 10.2 Å². The Morgan fingerprint density at radius 3 is 2.76 bits per heavy atom. The molecular weight excluding hydrogens is 284 g/mol. The minimum atomic E-state index is -0.130. The van der Waals surface area contributed by atoms with Crippen LogP contribution in [0.3, 0.4) is 0 Å². The number of rotatable bonds is 1. The molecule has 1 aromatic rings. The molecule has 1 aromatic heterocycles. The summed E-state index contributed by atoms with van der Waals surface area (Å²) in [6.45, 7) is 3.35. The second kappa shape index (κ2) is 4.42. The van der Waals surface area contributed by atoms with E-state index < -0.39 is 0 Å². The molecule has 1 amide bonds. The Hall–Kier alpha value is -0.880. The maximum absolute atomic E-state index is 12.0. The van der Waals surface area contributed by atoms with Gasteiger partial charge in [-0.1, -0.05) is 0 Å². The molecule has 0 radical (unpaired) electrons. The van der Waals surface area contributed by atoms with Crippen molar-refractivity contribution in [2.75, 3.05) is 19.6 Å². The Kier molecular flexibility index (Phi) is 2.92. The number of aromatic nitrogens is 2. The molecule has 3 aliphatic rings. The van der Waals surface area contributed by atoms with Crippen molar-refractivity contribution in [1.29, 1.82) is 0 Å². The van der Waals surface area contributed by atoms with Gasteiger partial charge in [0, 0.05) is 18.8 Å². The van der Waals surface area contributed by atoms with Gasteiger partial charge in [-0.05, 0) is 47.8 Å². The monoisotopic (exact) mass is 298 g/mol. The van der Waals surface area contributed by atoms with Crippen LogP contribution in [0.5, 0.6) is 0 Å². The summed E-state index contributed by atoms with van der Waals surface area (Å²) in [7, 11) is 0. The molecule has 3 fully saturated rings. The Morgan fingerprint density at radius 2 is 2.24 bits per heavy atom. The van der Waals surface area contributed by atoms with E-state index in [9.17, 15) is 4.79 Å². The fraction of sp³-hybridized carbons (Fsp3) is 0.636. The highest BCUT2D eigenvalue weighted by Gasteiger charge is 2.35. The summed E-state index contributed by atoms with van der Waals surface area (Å²) in [5.41, 5.74) is 0. The highest BCUT2D eigenvalue weighted by atomic mass is 79.9. The van der Waals surface area contributed by atoms with Crippen molar-refractivity contribution >= 4 is 22.0 Å². The van der Waals surface area contributed by atoms with E-state index in [4.69, 9.17) is 0 Å². The average Bonchev–Trinajstić information content (AvgIpc) is 2.77. The number of carbonyl (C=O) groups excluding carboxylic acids is 1. The molecule has 0 aromatic carbocycles.